The van der Waals surface area contributed by atoms with Gasteiger partial charge in [0.05, 0.1) is 16.2 Å². The van der Waals surface area contributed by atoms with Crippen molar-refractivity contribution in [3.05, 3.63) is 71.2 Å². The summed E-state index contributed by atoms with van der Waals surface area (Å²) in [5.41, 5.74) is 2.83. The van der Waals surface area contributed by atoms with Gasteiger partial charge in [0.25, 0.3) is 5.91 Å². The van der Waals surface area contributed by atoms with Gasteiger partial charge in [-0.2, -0.15) is 5.10 Å². The molecule has 3 rings (SSSR count). The van der Waals surface area contributed by atoms with Crippen molar-refractivity contribution in [2.45, 2.75) is 25.3 Å². The molecule has 0 atom stereocenters. The minimum atomic E-state index is -3.48. The van der Waals surface area contributed by atoms with Crippen LogP contribution in [0.2, 0.25) is 0 Å². The van der Waals surface area contributed by atoms with Crippen LogP contribution in [0, 0.1) is 13.8 Å². The predicted molar refractivity (Wildman–Crippen MR) is 102 cm³/mol. The highest BCUT2D eigenvalue weighted by Gasteiger charge is 2.17. The molecule has 0 saturated carbocycles. The van der Waals surface area contributed by atoms with E-state index in [0.29, 0.717) is 5.82 Å². The quantitative estimate of drug-likeness (QED) is 0.728. The fourth-order valence-corrected chi connectivity index (χ4v) is 3.65. The minimum absolute atomic E-state index is 0.0144. The van der Waals surface area contributed by atoms with Crippen LogP contribution in [0.1, 0.15) is 27.3 Å². The Morgan fingerprint density at radius 2 is 1.89 bits per heavy atom. The molecule has 1 N–H and O–H groups in total. The number of hydrogen-bond acceptors (Lipinski definition) is 5. The molecule has 0 bridgehead atoms. The predicted octanol–water partition coefficient (Wildman–Crippen LogP) is 2.22. The SMILES string of the molecule is Cc1cc(C)n(-c2ccc(CNC(=O)c3ccccc3S(C)(=O)=O)cn2)n1. The van der Waals surface area contributed by atoms with Gasteiger partial charge in [-0.3, -0.25) is 4.79 Å². The molecular formula is C19H20N4O3S. The Balaban J connectivity index is 1.73. The van der Waals surface area contributed by atoms with E-state index in [1.54, 1.807) is 23.0 Å². The van der Waals surface area contributed by atoms with Gasteiger partial charge in [-0.05, 0) is 43.7 Å². The first kappa shape index (κ1) is 18.8. The first-order valence-corrected chi connectivity index (χ1v) is 10.2. The maximum absolute atomic E-state index is 12.4. The summed E-state index contributed by atoms with van der Waals surface area (Å²) in [5, 5.41) is 7.12. The summed E-state index contributed by atoms with van der Waals surface area (Å²) in [6.07, 6.45) is 2.75. The Morgan fingerprint density at radius 3 is 2.48 bits per heavy atom. The first-order chi connectivity index (χ1) is 12.8. The highest BCUT2D eigenvalue weighted by molar-refractivity contribution is 7.90. The molecule has 0 aliphatic carbocycles. The van der Waals surface area contributed by atoms with Crippen LogP contribution in [0.4, 0.5) is 0 Å². The van der Waals surface area contributed by atoms with Crippen molar-refractivity contribution in [3.63, 3.8) is 0 Å². The van der Waals surface area contributed by atoms with Crippen molar-refractivity contribution in [2.75, 3.05) is 6.26 Å². The summed E-state index contributed by atoms with van der Waals surface area (Å²) >= 11 is 0. The summed E-state index contributed by atoms with van der Waals surface area (Å²) < 4.78 is 25.4. The maximum Gasteiger partial charge on any atom is 0.252 e. The Kier molecular flexibility index (Phi) is 5.09. The van der Waals surface area contributed by atoms with Crippen molar-refractivity contribution >= 4 is 15.7 Å². The molecule has 27 heavy (non-hydrogen) atoms. The average Bonchev–Trinajstić information content (AvgIpc) is 2.97. The van der Waals surface area contributed by atoms with Crippen molar-refractivity contribution in [1.29, 1.82) is 0 Å². The number of amides is 1. The number of carbonyl (C=O) groups is 1. The fraction of sp³-hybridized carbons (Fsp3) is 0.211. The maximum atomic E-state index is 12.4. The van der Waals surface area contributed by atoms with Gasteiger partial charge in [0, 0.05) is 24.7 Å². The third kappa shape index (κ3) is 4.22. The van der Waals surface area contributed by atoms with Crippen LogP contribution in [0.5, 0.6) is 0 Å². The van der Waals surface area contributed by atoms with Crippen molar-refractivity contribution < 1.29 is 13.2 Å². The number of nitrogens with zero attached hydrogens (tertiary/aromatic N) is 3. The number of carbonyl (C=O) groups excluding carboxylic acids is 1. The summed E-state index contributed by atoms with van der Waals surface area (Å²) in [4.78, 5) is 16.8. The van der Waals surface area contributed by atoms with E-state index < -0.39 is 15.7 Å². The Labute approximate surface area is 158 Å². The number of rotatable bonds is 5. The van der Waals surface area contributed by atoms with Crippen molar-refractivity contribution in [3.8, 4) is 5.82 Å². The van der Waals surface area contributed by atoms with Gasteiger partial charge < -0.3 is 5.32 Å². The molecule has 8 heteroatoms. The molecule has 1 aromatic carbocycles. The Hall–Kier alpha value is -3.00. The molecule has 1 amide bonds. The standard InChI is InChI=1S/C19H20N4O3S/c1-13-10-14(2)23(22-13)18-9-8-15(11-20-18)12-21-19(24)16-6-4-5-7-17(16)27(3,25)26/h4-11H,12H2,1-3H3,(H,21,24). The zero-order chi connectivity index (χ0) is 19.6. The third-order valence-corrected chi connectivity index (χ3v) is 5.17. The van der Waals surface area contributed by atoms with Crippen molar-refractivity contribution in [2.24, 2.45) is 0 Å². The van der Waals surface area contributed by atoms with E-state index in [1.165, 1.54) is 12.1 Å². The number of pyridine rings is 1. The first-order valence-electron chi connectivity index (χ1n) is 8.31. The summed E-state index contributed by atoms with van der Waals surface area (Å²) in [6, 6.07) is 11.8. The van der Waals surface area contributed by atoms with E-state index in [4.69, 9.17) is 0 Å². The second-order valence-corrected chi connectivity index (χ2v) is 8.30. The topological polar surface area (TPSA) is 94.0 Å². The molecule has 0 unspecified atom stereocenters. The highest BCUT2D eigenvalue weighted by atomic mass is 32.2. The van der Waals surface area contributed by atoms with Gasteiger partial charge >= 0.3 is 0 Å². The monoisotopic (exact) mass is 384 g/mol. The normalized spacial score (nSPS) is 11.4. The van der Waals surface area contributed by atoms with E-state index in [2.05, 4.69) is 15.4 Å². The molecule has 2 aromatic heterocycles. The molecule has 0 radical (unpaired) electrons. The lowest BCUT2D eigenvalue weighted by molar-refractivity contribution is 0.0947. The third-order valence-electron chi connectivity index (χ3n) is 4.02. The zero-order valence-corrected chi connectivity index (χ0v) is 16.1. The lowest BCUT2D eigenvalue weighted by atomic mass is 10.2. The van der Waals surface area contributed by atoms with Gasteiger partial charge in [-0.25, -0.2) is 18.1 Å². The van der Waals surface area contributed by atoms with Gasteiger partial charge in [-0.1, -0.05) is 18.2 Å². The molecule has 0 spiro atoms. The number of aromatic nitrogens is 3. The van der Waals surface area contributed by atoms with Crippen LogP contribution in [0.15, 0.2) is 53.6 Å². The van der Waals surface area contributed by atoms with Crippen LogP contribution in [0.3, 0.4) is 0 Å². The molecule has 0 saturated heterocycles. The van der Waals surface area contributed by atoms with Crippen LogP contribution < -0.4 is 5.32 Å². The van der Waals surface area contributed by atoms with E-state index in [9.17, 15) is 13.2 Å². The average molecular weight is 384 g/mol. The fourth-order valence-electron chi connectivity index (χ4n) is 2.76. The highest BCUT2D eigenvalue weighted by Crippen LogP contribution is 2.15. The summed E-state index contributed by atoms with van der Waals surface area (Å²) in [7, 11) is -3.48. The van der Waals surface area contributed by atoms with Crippen LogP contribution in [0.25, 0.3) is 5.82 Å². The molecule has 0 fully saturated rings. The minimum Gasteiger partial charge on any atom is -0.348 e. The molecule has 0 aliphatic heterocycles. The second kappa shape index (κ2) is 7.32. The van der Waals surface area contributed by atoms with E-state index in [1.807, 2.05) is 32.0 Å². The van der Waals surface area contributed by atoms with E-state index in [0.717, 1.165) is 23.2 Å². The van der Waals surface area contributed by atoms with E-state index in [-0.39, 0.29) is 17.0 Å². The second-order valence-electron chi connectivity index (χ2n) is 6.31. The number of hydrogen-bond donors (Lipinski definition) is 1. The van der Waals surface area contributed by atoms with Crippen LogP contribution in [-0.4, -0.2) is 35.3 Å². The molecule has 3 aromatic rings. The van der Waals surface area contributed by atoms with Crippen LogP contribution >= 0.6 is 0 Å². The smallest absolute Gasteiger partial charge is 0.252 e. The Morgan fingerprint density at radius 1 is 1.15 bits per heavy atom. The Bertz CT molecular complexity index is 1090. The largest absolute Gasteiger partial charge is 0.348 e. The summed E-state index contributed by atoms with van der Waals surface area (Å²) in [5.74, 6) is 0.247. The number of nitrogens with one attached hydrogen (secondary N) is 1. The molecule has 0 aliphatic rings. The number of aryl methyl sites for hydroxylation is 2. The lowest BCUT2D eigenvalue weighted by Gasteiger charge is -2.09. The van der Waals surface area contributed by atoms with Crippen LogP contribution in [-0.2, 0) is 16.4 Å². The van der Waals surface area contributed by atoms with E-state index >= 15 is 0 Å². The van der Waals surface area contributed by atoms with Gasteiger partial charge in [0.2, 0.25) is 0 Å². The van der Waals surface area contributed by atoms with Gasteiger partial charge in [-0.15, -0.1) is 0 Å². The molecule has 140 valence electrons. The lowest BCUT2D eigenvalue weighted by Crippen LogP contribution is -2.24. The molecular weight excluding hydrogens is 364 g/mol. The molecule has 7 nitrogen and oxygen atoms in total. The van der Waals surface area contributed by atoms with Gasteiger partial charge in [0.1, 0.15) is 0 Å². The van der Waals surface area contributed by atoms with Crippen molar-refractivity contribution in [1.82, 2.24) is 20.1 Å². The number of sulfone groups is 1. The number of benzene rings is 1. The van der Waals surface area contributed by atoms with Gasteiger partial charge in [0.15, 0.2) is 15.7 Å². The zero-order valence-electron chi connectivity index (χ0n) is 15.3. The summed E-state index contributed by atoms with van der Waals surface area (Å²) in [6.45, 7) is 4.11. The molecule has 2 heterocycles.